The van der Waals surface area contributed by atoms with Gasteiger partial charge in [0.25, 0.3) is 0 Å². The van der Waals surface area contributed by atoms with E-state index in [4.69, 9.17) is 16.3 Å². The lowest BCUT2D eigenvalue weighted by Crippen LogP contribution is -3.14. The smallest absolute Gasteiger partial charge is 0.339 e. The zero-order valence-corrected chi connectivity index (χ0v) is 12.4. The monoisotopic (exact) mass is 282 g/mol. The van der Waals surface area contributed by atoms with Crippen LogP contribution in [-0.2, 0) is 4.74 Å². The Morgan fingerprint density at radius 3 is 2.74 bits per heavy atom. The molecule has 1 fully saturated rings. The van der Waals surface area contributed by atoms with Crippen molar-refractivity contribution in [3.63, 3.8) is 0 Å². The van der Waals surface area contributed by atoms with Crippen LogP contribution in [0.15, 0.2) is 24.3 Å². The number of halogens is 1. The lowest BCUT2D eigenvalue weighted by molar-refractivity contribution is -0.914. The van der Waals surface area contributed by atoms with Crippen LogP contribution in [0.1, 0.15) is 30.6 Å². The van der Waals surface area contributed by atoms with Gasteiger partial charge in [-0.15, -0.1) is 0 Å². The molecule has 19 heavy (non-hydrogen) atoms. The van der Waals surface area contributed by atoms with Crippen LogP contribution in [0.5, 0.6) is 0 Å². The first-order valence-electron chi connectivity index (χ1n) is 6.77. The van der Waals surface area contributed by atoms with Crippen molar-refractivity contribution < 1.29 is 14.4 Å². The average Bonchev–Trinajstić information content (AvgIpc) is 2.36. The Bertz CT molecular complexity index is 463. The molecule has 104 valence electrons. The predicted octanol–water partition coefficient (Wildman–Crippen LogP) is 1.81. The number of esters is 1. The van der Waals surface area contributed by atoms with Crippen molar-refractivity contribution in [1.82, 2.24) is 0 Å². The molecule has 1 aromatic rings. The summed E-state index contributed by atoms with van der Waals surface area (Å²) in [5.74, 6) is 0.0665. The Kier molecular flexibility index (Phi) is 4.48. The van der Waals surface area contributed by atoms with Gasteiger partial charge < -0.3 is 9.64 Å². The highest BCUT2D eigenvalue weighted by molar-refractivity contribution is 6.33. The number of quaternary nitrogens is 1. The van der Waals surface area contributed by atoms with Crippen molar-refractivity contribution >= 4 is 17.6 Å². The van der Waals surface area contributed by atoms with E-state index in [1.807, 2.05) is 6.07 Å². The van der Waals surface area contributed by atoms with Crippen molar-refractivity contribution in [2.45, 2.75) is 32.4 Å². The summed E-state index contributed by atoms with van der Waals surface area (Å²) in [5.41, 5.74) is 0.454. The molecule has 0 bridgehead atoms. The Balaban J connectivity index is 2.05. The van der Waals surface area contributed by atoms with Gasteiger partial charge in [0.2, 0.25) is 0 Å². The highest BCUT2D eigenvalue weighted by atomic mass is 35.5. The van der Waals surface area contributed by atoms with Crippen molar-refractivity contribution in [2.75, 3.05) is 13.6 Å². The number of hydrogen-bond acceptors (Lipinski definition) is 2. The second-order valence-electron chi connectivity index (χ2n) is 5.59. The SMILES string of the molecule is C[C@@H]1C[NH+](C)[C@H](C)C[C@H]1OC(=O)c1ccccc1Cl. The third kappa shape index (κ3) is 3.28. The molecule has 4 atom stereocenters. The van der Waals surface area contributed by atoms with E-state index in [2.05, 4.69) is 20.9 Å². The molecule has 0 aliphatic carbocycles. The van der Waals surface area contributed by atoms with E-state index in [1.165, 1.54) is 4.90 Å². The Morgan fingerprint density at radius 2 is 2.05 bits per heavy atom. The van der Waals surface area contributed by atoms with Gasteiger partial charge in [0, 0.05) is 12.3 Å². The van der Waals surface area contributed by atoms with Crippen molar-refractivity contribution in [3.8, 4) is 0 Å². The number of piperidine rings is 1. The maximum absolute atomic E-state index is 12.2. The lowest BCUT2D eigenvalue weighted by atomic mass is 9.92. The summed E-state index contributed by atoms with van der Waals surface area (Å²) in [6.07, 6.45) is 0.894. The molecule has 2 rings (SSSR count). The molecule has 0 amide bonds. The maximum atomic E-state index is 12.2. The van der Waals surface area contributed by atoms with E-state index < -0.39 is 0 Å². The van der Waals surface area contributed by atoms with E-state index >= 15 is 0 Å². The molecule has 0 radical (unpaired) electrons. The first-order valence-corrected chi connectivity index (χ1v) is 7.14. The van der Waals surface area contributed by atoms with Gasteiger partial charge in [-0.25, -0.2) is 4.79 Å². The fourth-order valence-electron chi connectivity index (χ4n) is 2.61. The van der Waals surface area contributed by atoms with Gasteiger partial charge in [-0.1, -0.05) is 30.7 Å². The van der Waals surface area contributed by atoms with Crippen molar-refractivity contribution in [2.24, 2.45) is 5.92 Å². The molecule has 0 spiro atoms. The molecule has 3 nitrogen and oxygen atoms in total. The molecule has 1 N–H and O–H groups in total. The number of hydrogen-bond donors (Lipinski definition) is 1. The molecule has 1 unspecified atom stereocenters. The number of carbonyl (C=O) groups excluding carboxylic acids is 1. The average molecular weight is 283 g/mol. The van der Waals surface area contributed by atoms with E-state index in [9.17, 15) is 4.79 Å². The largest absolute Gasteiger partial charge is 0.458 e. The van der Waals surface area contributed by atoms with Gasteiger partial charge in [0.05, 0.1) is 30.2 Å². The van der Waals surface area contributed by atoms with Crippen LogP contribution >= 0.6 is 11.6 Å². The Labute approximate surface area is 119 Å². The molecular weight excluding hydrogens is 262 g/mol. The van der Waals surface area contributed by atoms with Gasteiger partial charge in [0.15, 0.2) is 0 Å². The minimum absolute atomic E-state index is 0.0116. The zero-order chi connectivity index (χ0) is 14.0. The van der Waals surface area contributed by atoms with Crippen LogP contribution in [0.4, 0.5) is 0 Å². The Morgan fingerprint density at radius 1 is 1.37 bits per heavy atom. The zero-order valence-electron chi connectivity index (χ0n) is 11.7. The molecule has 1 heterocycles. The second kappa shape index (κ2) is 5.93. The molecule has 4 heteroatoms. The van der Waals surface area contributed by atoms with E-state index in [0.717, 1.165) is 13.0 Å². The first kappa shape index (κ1) is 14.4. The molecule has 0 aromatic heterocycles. The van der Waals surface area contributed by atoms with Gasteiger partial charge in [0.1, 0.15) is 6.10 Å². The number of ether oxygens (including phenoxy) is 1. The highest BCUT2D eigenvalue weighted by Crippen LogP contribution is 2.21. The molecule has 0 saturated carbocycles. The van der Waals surface area contributed by atoms with E-state index in [1.54, 1.807) is 18.2 Å². The summed E-state index contributed by atoms with van der Waals surface area (Å²) in [6, 6.07) is 7.54. The fourth-order valence-corrected chi connectivity index (χ4v) is 2.83. The van der Waals surface area contributed by atoms with Gasteiger partial charge >= 0.3 is 5.97 Å². The van der Waals surface area contributed by atoms with Crippen molar-refractivity contribution in [3.05, 3.63) is 34.9 Å². The summed E-state index contributed by atoms with van der Waals surface area (Å²) in [6.45, 7) is 5.36. The summed E-state index contributed by atoms with van der Waals surface area (Å²) in [7, 11) is 2.19. The summed E-state index contributed by atoms with van der Waals surface area (Å²) < 4.78 is 5.65. The van der Waals surface area contributed by atoms with Crippen LogP contribution in [0.25, 0.3) is 0 Å². The quantitative estimate of drug-likeness (QED) is 0.839. The van der Waals surface area contributed by atoms with E-state index in [0.29, 0.717) is 22.5 Å². The summed E-state index contributed by atoms with van der Waals surface area (Å²) >= 11 is 6.02. The van der Waals surface area contributed by atoms with Crippen LogP contribution < -0.4 is 4.90 Å². The minimum atomic E-state index is -0.311. The third-order valence-electron chi connectivity index (χ3n) is 4.06. The normalized spacial score (nSPS) is 30.9. The van der Waals surface area contributed by atoms with Gasteiger partial charge in [-0.3, -0.25) is 0 Å². The van der Waals surface area contributed by atoms with Crippen LogP contribution in [0.2, 0.25) is 5.02 Å². The minimum Gasteiger partial charge on any atom is -0.458 e. The first-order chi connectivity index (χ1) is 8.99. The highest BCUT2D eigenvalue weighted by Gasteiger charge is 2.34. The van der Waals surface area contributed by atoms with Crippen LogP contribution in [0, 0.1) is 5.92 Å². The standard InChI is InChI=1S/C15H20ClNO2/c1-10-9-17(3)11(2)8-14(10)19-15(18)12-6-4-5-7-13(12)16/h4-7,10-11,14H,8-9H2,1-3H3/p+1/t10-,11-,14-/m1/s1. The van der Waals surface area contributed by atoms with Crippen molar-refractivity contribution in [1.29, 1.82) is 0 Å². The molecule has 1 aliphatic rings. The third-order valence-corrected chi connectivity index (χ3v) is 4.39. The number of carbonyl (C=O) groups is 1. The van der Waals surface area contributed by atoms with E-state index in [-0.39, 0.29) is 12.1 Å². The fraction of sp³-hybridized carbons (Fsp3) is 0.533. The number of nitrogens with one attached hydrogen (secondary N) is 1. The lowest BCUT2D eigenvalue weighted by Gasteiger charge is -2.36. The Hall–Kier alpha value is -1.06. The molecular formula is C15H21ClNO2+. The predicted molar refractivity (Wildman–Crippen MR) is 75.7 cm³/mol. The number of benzene rings is 1. The van der Waals surface area contributed by atoms with Crippen LogP contribution in [0.3, 0.4) is 0 Å². The summed E-state index contributed by atoms with van der Waals surface area (Å²) in [5, 5.41) is 0.451. The summed E-state index contributed by atoms with van der Waals surface area (Å²) in [4.78, 5) is 13.7. The number of rotatable bonds is 2. The van der Waals surface area contributed by atoms with Gasteiger partial charge in [-0.2, -0.15) is 0 Å². The molecule has 1 saturated heterocycles. The molecule has 1 aromatic carbocycles. The maximum Gasteiger partial charge on any atom is 0.339 e. The topological polar surface area (TPSA) is 30.7 Å². The second-order valence-corrected chi connectivity index (χ2v) is 6.00. The van der Waals surface area contributed by atoms with Crippen LogP contribution in [-0.4, -0.2) is 31.7 Å². The number of likely N-dealkylation sites (tertiary alicyclic amines) is 1. The van der Waals surface area contributed by atoms with Gasteiger partial charge in [-0.05, 0) is 19.1 Å². The molecule has 1 aliphatic heterocycles.